The molecule has 3 rings (SSSR count). The monoisotopic (exact) mass is 415 g/mol. The lowest BCUT2D eigenvalue weighted by Crippen LogP contribution is -2.51. The summed E-state index contributed by atoms with van der Waals surface area (Å²) in [6.07, 6.45) is 8.10. The summed E-state index contributed by atoms with van der Waals surface area (Å²) in [6.45, 7) is 0. The molecule has 0 spiro atoms. The van der Waals surface area contributed by atoms with Gasteiger partial charge in [0.05, 0.1) is 5.56 Å². The van der Waals surface area contributed by atoms with Gasteiger partial charge in [-0.15, -0.1) is 0 Å². The summed E-state index contributed by atoms with van der Waals surface area (Å²) in [5, 5.41) is 3.38. The predicted octanol–water partition coefficient (Wildman–Crippen LogP) is 4.59. The van der Waals surface area contributed by atoms with Crippen LogP contribution in [0.15, 0.2) is 47.2 Å². The van der Waals surface area contributed by atoms with Gasteiger partial charge in [0.2, 0.25) is 0 Å². The number of benzene rings is 1. The van der Waals surface area contributed by atoms with E-state index in [4.69, 9.17) is 0 Å². The lowest BCUT2D eigenvalue weighted by Gasteiger charge is -2.39. The number of nitrogens with one attached hydrogen (secondary N) is 1. The first kappa shape index (κ1) is 18.9. The van der Waals surface area contributed by atoms with Crippen molar-refractivity contribution in [1.29, 1.82) is 0 Å². The number of hydrogen-bond donors (Lipinski definition) is 1. The summed E-state index contributed by atoms with van der Waals surface area (Å²) in [5.74, 6) is -0.0470. The Morgan fingerprint density at radius 1 is 1.15 bits per heavy atom. The van der Waals surface area contributed by atoms with Gasteiger partial charge in [-0.25, -0.2) is 4.98 Å². The molecule has 1 saturated carbocycles. The Bertz CT molecular complexity index is 769. The predicted molar refractivity (Wildman–Crippen MR) is 110 cm³/mol. The zero-order valence-electron chi connectivity index (χ0n) is 15.5. The van der Waals surface area contributed by atoms with Gasteiger partial charge in [-0.3, -0.25) is 4.79 Å². The van der Waals surface area contributed by atoms with E-state index in [-0.39, 0.29) is 11.4 Å². The normalized spacial score (nSPS) is 16.1. The van der Waals surface area contributed by atoms with Crippen LogP contribution in [0.25, 0.3) is 0 Å². The molecule has 0 radical (unpaired) electrons. The maximum absolute atomic E-state index is 13.0. The van der Waals surface area contributed by atoms with Crippen LogP contribution in [0.3, 0.4) is 0 Å². The highest BCUT2D eigenvalue weighted by molar-refractivity contribution is 9.10. The number of pyridine rings is 1. The molecule has 138 valence electrons. The minimum Gasteiger partial charge on any atom is -0.377 e. The van der Waals surface area contributed by atoms with Crippen LogP contribution < -0.4 is 10.2 Å². The van der Waals surface area contributed by atoms with Gasteiger partial charge in [0.25, 0.3) is 5.91 Å². The van der Waals surface area contributed by atoms with Crippen LogP contribution in [-0.4, -0.2) is 30.5 Å². The molecule has 1 N–H and O–H groups in total. The highest BCUT2D eigenvalue weighted by Gasteiger charge is 2.35. The molecule has 0 saturated heterocycles. The van der Waals surface area contributed by atoms with Crippen molar-refractivity contribution < 1.29 is 4.79 Å². The second-order valence-corrected chi connectivity index (χ2v) is 8.09. The van der Waals surface area contributed by atoms with Crippen LogP contribution in [-0.2, 0) is 6.42 Å². The minimum atomic E-state index is -0.198. The number of nitrogens with zero attached hydrogens (tertiary/aromatic N) is 2. The number of amides is 1. The third-order valence-corrected chi connectivity index (χ3v) is 5.83. The molecule has 26 heavy (non-hydrogen) atoms. The second-order valence-electron chi connectivity index (χ2n) is 7.34. The number of rotatable bonds is 5. The van der Waals surface area contributed by atoms with Gasteiger partial charge < -0.3 is 10.2 Å². The van der Waals surface area contributed by atoms with Crippen LogP contribution in [0, 0.1) is 0 Å². The molecule has 2 aromatic rings. The molecular formula is C21H26BrN3O. The van der Waals surface area contributed by atoms with Crippen molar-refractivity contribution in [1.82, 2.24) is 10.3 Å². The van der Waals surface area contributed by atoms with Crippen molar-refractivity contribution in [2.45, 2.75) is 44.1 Å². The van der Waals surface area contributed by atoms with Gasteiger partial charge in [-0.05, 0) is 59.0 Å². The minimum absolute atomic E-state index is 0.0470. The van der Waals surface area contributed by atoms with E-state index < -0.39 is 0 Å². The fourth-order valence-electron chi connectivity index (χ4n) is 3.90. The Hall–Kier alpha value is -1.88. The number of aromatic nitrogens is 1. The molecule has 0 aliphatic heterocycles. The smallest absolute Gasteiger partial charge is 0.254 e. The first-order chi connectivity index (χ1) is 12.5. The Kier molecular flexibility index (Phi) is 5.97. The summed E-state index contributed by atoms with van der Waals surface area (Å²) < 4.78 is 0.595. The maximum Gasteiger partial charge on any atom is 0.254 e. The van der Waals surface area contributed by atoms with Gasteiger partial charge in [0.1, 0.15) is 4.60 Å². The molecule has 1 amide bonds. The summed E-state index contributed by atoms with van der Waals surface area (Å²) >= 11 is 3.40. The van der Waals surface area contributed by atoms with Crippen molar-refractivity contribution >= 4 is 27.5 Å². The van der Waals surface area contributed by atoms with Crippen molar-refractivity contribution in [2.24, 2.45) is 0 Å². The van der Waals surface area contributed by atoms with Crippen LogP contribution in [0.4, 0.5) is 5.69 Å². The van der Waals surface area contributed by atoms with Crippen LogP contribution >= 0.6 is 15.9 Å². The average molecular weight is 416 g/mol. The van der Waals surface area contributed by atoms with E-state index in [2.05, 4.69) is 69.5 Å². The molecule has 1 fully saturated rings. The Morgan fingerprint density at radius 2 is 1.88 bits per heavy atom. The van der Waals surface area contributed by atoms with E-state index in [1.807, 2.05) is 6.07 Å². The van der Waals surface area contributed by atoms with Crippen molar-refractivity contribution in [2.75, 3.05) is 19.0 Å². The third-order valence-electron chi connectivity index (χ3n) is 5.20. The highest BCUT2D eigenvalue weighted by Crippen LogP contribution is 2.34. The SMILES string of the molecule is CN(C)c1ccccc1CC1(NC(=O)c2cccnc2Br)CCCCC1. The van der Waals surface area contributed by atoms with E-state index in [1.54, 1.807) is 12.3 Å². The molecule has 1 aromatic heterocycles. The van der Waals surface area contributed by atoms with E-state index in [0.717, 1.165) is 32.1 Å². The first-order valence-corrected chi connectivity index (χ1v) is 9.98. The fourth-order valence-corrected chi connectivity index (χ4v) is 4.33. The summed E-state index contributed by atoms with van der Waals surface area (Å²) in [6, 6.07) is 12.1. The van der Waals surface area contributed by atoms with Crippen molar-refractivity contribution in [3.05, 3.63) is 58.3 Å². The lowest BCUT2D eigenvalue weighted by molar-refractivity contribution is 0.0867. The third kappa shape index (κ3) is 4.26. The number of anilines is 1. The summed E-state index contributed by atoms with van der Waals surface area (Å²) in [4.78, 5) is 19.3. The average Bonchev–Trinajstić information content (AvgIpc) is 2.63. The first-order valence-electron chi connectivity index (χ1n) is 9.19. The van der Waals surface area contributed by atoms with Crippen molar-refractivity contribution in [3.8, 4) is 0 Å². The summed E-state index contributed by atoms with van der Waals surface area (Å²) in [5.41, 5.74) is 2.90. The Labute approximate surface area is 164 Å². The molecule has 1 heterocycles. The quantitative estimate of drug-likeness (QED) is 0.726. The molecule has 0 atom stereocenters. The zero-order valence-corrected chi connectivity index (χ0v) is 17.1. The van der Waals surface area contributed by atoms with Gasteiger partial charge in [-0.2, -0.15) is 0 Å². The van der Waals surface area contributed by atoms with Gasteiger partial charge >= 0.3 is 0 Å². The zero-order chi connectivity index (χ0) is 18.6. The van der Waals surface area contributed by atoms with Crippen molar-refractivity contribution in [3.63, 3.8) is 0 Å². The number of halogens is 1. The van der Waals surface area contributed by atoms with Gasteiger partial charge in [0.15, 0.2) is 0 Å². The molecule has 0 bridgehead atoms. The van der Waals surface area contributed by atoms with Crippen LogP contribution in [0.2, 0.25) is 0 Å². The van der Waals surface area contributed by atoms with E-state index >= 15 is 0 Å². The highest BCUT2D eigenvalue weighted by atomic mass is 79.9. The largest absolute Gasteiger partial charge is 0.377 e. The Balaban J connectivity index is 1.88. The van der Waals surface area contributed by atoms with E-state index in [1.165, 1.54) is 17.7 Å². The number of para-hydroxylation sites is 1. The standard InChI is InChI=1S/C21H26BrN3O/c1-25(2)18-11-5-4-9-16(18)15-21(12-6-3-7-13-21)24-20(26)17-10-8-14-23-19(17)22/h4-5,8-11,14H,3,6-7,12-13,15H2,1-2H3,(H,24,26). The molecule has 0 unspecified atom stereocenters. The molecule has 5 heteroatoms. The lowest BCUT2D eigenvalue weighted by atomic mass is 9.77. The van der Waals surface area contributed by atoms with Gasteiger partial charge in [-0.1, -0.05) is 37.5 Å². The Morgan fingerprint density at radius 3 is 2.58 bits per heavy atom. The maximum atomic E-state index is 13.0. The topological polar surface area (TPSA) is 45.2 Å². The number of carbonyl (C=O) groups is 1. The molecule has 1 aromatic carbocycles. The number of hydrogen-bond acceptors (Lipinski definition) is 3. The molecule has 1 aliphatic rings. The second kappa shape index (κ2) is 8.21. The van der Waals surface area contributed by atoms with E-state index in [9.17, 15) is 4.79 Å². The molecule has 4 nitrogen and oxygen atoms in total. The van der Waals surface area contributed by atoms with Crippen LogP contribution in [0.1, 0.15) is 48.0 Å². The van der Waals surface area contributed by atoms with Crippen LogP contribution in [0.5, 0.6) is 0 Å². The molecule has 1 aliphatic carbocycles. The fraction of sp³-hybridized carbons (Fsp3) is 0.429. The molecular weight excluding hydrogens is 390 g/mol. The summed E-state index contributed by atoms with van der Waals surface area (Å²) in [7, 11) is 4.13. The van der Waals surface area contributed by atoms with E-state index in [0.29, 0.717) is 10.2 Å². The van der Waals surface area contributed by atoms with Gasteiger partial charge in [0, 0.05) is 31.5 Å². The number of carbonyl (C=O) groups excluding carboxylic acids is 1.